The number of nitrogens with one attached hydrogen (secondary N) is 1. The number of aliphatic hydroxyl groups excluding tert-OH is 2. The molecule has 7 nitrogen and oxygen atoms in total. The Labute approximate surface area is 160 Å². The number of aromatic nitrogens is 2. The van der Waals surface area contributed by atoms with Crippen LogP contribution in [0.2, 0.25) is 0 Å². The van der Waals surface area contributed by atoms with Gasteiger partial charge in [-0.3, -0.25) is 14.3 Å². The van der Waals surface area contributed by atoms with Crippen molar-refractivity contribution in [2.75, 3.05) is 13.7 Å². The standard InChI is InChI=1S/C17H20N2O4.C2H6.CH4O/c1-2-3-4-5-6-7-8-13-11-19(17(22)18-16(13)21)15-10-9-14(12-20)23-15;2*1-2/h1,11,14-15,20H,3-6,9-10,12H2,(H,18,21,22);1-2H3;2H,1H3. The third kappa shape index (κ3) is 8.27. The fraction of sp³-hybridized carbons (Fsp3) is 0.600. The highest BCUT2D eigenvalue weighted by molar-refractivity contribution is 5.29. The summed E-state index contributed by atoms with van der Waals surface area (Å²) >= 11 is 0. The van der Waals surface area contributed by atoms with E-state index < -0.39 is 17.5 Å². The van der Waals surface area contributed by atoms with Gasteiger partial charge in [-0.25, -0.2) is 4.79 Å². The Balaban J connectivity index is 0.00000158. The van der Waals surface area contributed by atoms with E-state index in [1.807, 2.05) is 13.8 Å². The van der Waals surface area contributed by atoms with Gasteiger partial charge in [0.15, 0.2) is 0 Å². The summed E-state index contributed by atoms with van der Waals surface area (Å²) in [5.74, 6) is 8.29. The van der Waals surface area contributed by atoms with Gasteiger partial charge >= 0.3 is 5.69 Å². The topological polar surface area (TPSA) is 105 Å². The maximum atomic E-state index is 11.9. The Kier molecular flexibility index (Phi) is 13.5. The summed E-state index contributed by atoms with van der Waals surface area (Å²) in [7, 11) is 1.00. The van der Waals surface area contributed by atoms with Crippen molar-refractivity contribution in [1.29, 1.82) is 0 Å². The van der Waals surface area contributed by atoms with E-state index in [0.29, 0.717) is 19.3 Å². The zero-order valence-electron chi connectivity index (χ0n) is 16.3. The van der Waals surface area contributed by atoms with Gasteiger partial charge in [0.05, 0.1) is 12.7 Å². The number of nitrogens with zero attached hydrogens (tertiary/aromatic N) is 1. The molecule has 1 fully saturated rings. The van der Waals surface area contributed by atoms with Crippen molar-refractivity contribution in [3.05, 3.63) is 32.6 Å². The number of aromatic amines is 1. The molecule has 2 heterocycles. The lowest BCUT2D eigenvalue weighted by molar-refractivity contribution is -0.0246. The Morgan fingerprint density at radius 3 is 2.52 bits per heavy atom. The minimum absolute atomic E-state index is 0.0844. The van der Waals surface area contributed by atoms with Crippen LogP contribution in [-0.4, -0.2) is 39.6 Å². The van der Waals surface area contributed by atoms with E-state index in [9.17, 15) is 9.59 Å². The Hall–Kier alpha value is -2.32. The van der Waals surface area contributed by atoms with Gasteiger partial charge in [0.25, 0.3) is 5.56 Å². The Morgan fingerprint density at radius 2 is 1.93 bits per heavy atom. The van der Waals surface area contributed by atoms with Gasteiger partial charge in [-0.2, -0.15) is 0 Å². The second-order valence-corrected chi connectivity index (χ2v) is 5.39. The summed E-state index contributed by atoms with van der Waals surface area (Å²) in [6.07, 6.45) is 10.3. The fourth-order valence-corrected chi connectivity index (χ4v) is 2.41. The molecule has 7 heteroatoms. The largest absolute Gasteiger partial charge is 0.400 e. The molecule has 0 amide bonds. The van der Waals surface area contributed by atoms with E-state index >= 15 is 0 Å². The predicted molar refractivity (Wildman–Crippen MR) is 105 cm³/mol. The first-order valence-electron chi connectivity index (χ1n) is 9.14. The van der Waals surface area contributed by atoms with E-state index in [2.05, 4.69) is 22.7 Å². The summed E-state index contributed by atoms with van der Waals surface area (Å²) in [5.41, 5.74) is -0.796. The average molecular weight is 378 g/mol. The number of hydrogen-bond donors (Lipinski definition) is 3. The van der Waals surface area contributed by atoms with Crippen molar-refractivity contribution < 1.29 is 14.9 Å². The van der Waals surface area contributed by atoms with Crippen molar-refractivity contribution in [3.8, 4) is 24.2 Å². The van der Waals surface area contributed by atoms with Crippen LogP contribution in [0.4, 0.5) is 0 Å². The minimum Gasteiger partial charge on any atom is -0.400 e. The molecule has 1 aromatic rings. The molecule has 0 spiro atoms. The maximum absolute atomic E-state index is 11.9. The molecule has 3 N–H and O–H groups in total. The summed E-state index contributed by atoms with van der Waals surface area (Å²) in [6.45, 7) is 3.92. The smallest absolute Gasteiger partial charge is 0.330 e. The van der Waals surface area contributed by atoms with Gasteiger partial charge in [-0.1, -0.05) is 25.7 Å². The van der Waals surface area contributed by atoms with Gasteiger partial charge in [-0.05, 0) is 25.7 Å². The lowest BCUT2D eigenvalue weighted by Gasteiger charge is -2.14. The Morgan fingerprint density at radius 1 is 1.26 bits per heavy atom. The summed E-state index contributed by atoms with van der Waals surface area (Å²) in [6, 6.07) is 0. The molecule has 2 unspecified atom stereocenters. The van der Waals surface area contributed by atoms with E-state index in [0.717, 1.165) is 26.4 Å². The first-order chi connectivity index (χ1) is 13.2. The van der Waals surface area contributed by atoms with Crippen molar-refractivity contribution in [3.63, 3.8) is 0 Å². The third-order valence-corrected chi connectivity index (χ3v) is 3.66. The van der Waals surface area contributed by atoms with Crippen LogP contribution in [-0.2, 0) is 4.74 Å². The van der Waals surface area contributed by atoms with Gasteiger partial charge in [-0.15, -0.1) is 12.3 Å². The van der Waals surface area contributed by atoms with Crippen LogP contribution in [0.5, 0.6) is 0 Å². The molecule has 1 saturated heterocycles. The van der Waals surface area contributed by atoms with Crippen LogP contribution in [0.25, 0.3) is 0 Å². The number of aliphatic hydroxyl groups is 2. The molecule has 0 aromatic carbocycles. The number of hydrogen-bond acceptors (Lipinski definition) is 5. The van der Waals surface area contributed by atoms with Gasteiger partial charge in [0.2, 0.25) is 0 Å². The molecular formula is C20H30N2O5. The fourth-order valence-electron chi connectivity index (χ4n) is 2.41. The van der Waals surface area contributed by atoms with Crippen molar-refractivity contribution in [1.82, 2.24) is 9.55 Å². The second kappa shape index (κ2) is 14.8. The van der Waals surface area contributed by atoms with E-state index in [4.69, 9.17) is 21.4 Å². The number of rotatable bonds is 5. The van der Waals surface area contributed by atoms with E-state index in [1.54, 1.807) is 0 Å². The molecule has 150 valence electrons. The normalized spacial score (nSPS) is 17.3. The molecule has 0 aliphatic carbocycles. The second-order valence-electron chi connectivity index (χ2n) is 5.39. The SMILES string of the molecule is C#CCCCCC#Cc1cn(C2CCC(CO)O2)c(=O)[nH]c1=O.CC.CO. The van der Waals surface area contributed by atoms with Crippen molar-refractivity contribution in [2.24, 2.45) is 0 Å². The lowest BCUT2D eigenvalue weighted by Crippen LogP contribution is -2.33. The van der Waals surface area contributed by atoms with E-state index in [-0.39, 0.29) is 18.3 Å². The summed E-state index contributed by atoms with van der Waals surface area (Å²) in [5, 5.41) is 16.1. The first-order valence-corrected chi connectivity index (χ1v) is 9.14. The molecule has 2 rings (SSSR count). The zero-order chi connectivity index (χ0) is 20.7. The van der Waals surface area contributed by atoms with Gasteiger partial charge in [0.1, 0.15) is 11.8 Å². The van der Waals surface area contributed by atoms with Gasteiger partial charge < -0.3 is 14.9 Å². The van der Waals surface area contributed by atoms with Crippen LogP contribution in [0, 0.1) is 24.2 Å². The molecule has 1 aliphatic heterocycles. The van der Waals surface area contributed by atoms with Crippen molar-refractivity contribution >= 4 is 0 Å². The molecule has 0 bridgehead atoms. The number of unbranched alkanes of at least 4 members (excludes halogenated alkanes) is 3. The third-order valence-electron chi connectivity index (χ3n) is 3.66. The monoisotopic (exact) mass is 378 g/mol. The number of H-pyrrole nitrogens is 1. The Bertz CT molecular complexity index is 749. The maximum Gasteiger partial charge on any atom is 0.330 e. The first kappa shape index (κ1) is 24.7. The minimum atomic E-state index is -0.529. The van der Waals surface area contributed by atoms with Crippen LogP contribution in [0.3, 0.4) is 0 Å². The number of ether oxygens (including phenoxy) is 1. The zero-order valence-corrected chi connectivity index (χ0v) is 16.3. The molecular weight excluding hydrogens is 348 g/mol. The highest BCUT2D eigenvalue weighted by Gasteiger charge is 2.27. The summed E-state index contributed by atoms with van der Waals surface area (Å²) in [4.78, 5) is 26.0. The number of terminal acetylenes is 1. The van der Waals surface area contributed by atoms with Crippen LogP contribution in [0.15, 0.2) is 15.8 Å². The lowest BCUT2D eigenvalue weighted by atomic mass is 10.2. The summed E-state index contributed by atoms with van der Waals surface area (Å²) < 4.78 is 6.90. The molecule has 1 aliphatic rings. The van der Waals surface area contributed by atoms with Crippen LogP contribution >= 0.6 is 0 Å². The highest BCUT2D eigenvalue weighted by atomic mass is 16.5. The molecule has 0 saturated carbocycles. The predicted octanol–water partition coefficient (Wildman–Crippen LogP) is 1.39. The molecule has 2 atom stereocenters. The average Bonchev–Trinajstić information content (AvgIpc) is 3.18. The van der Waals surface area contributed by atoms with Crippen LogP contribution in [0.1, 0.15) is 64.2 Å². The highest BCUT2D eigenvalue weighted by Crippen LogP contribution is 2.26. The van der Waals surface area contributed by atoms with Gasteiger partial charge in [0, 0.05) is 26.1 Å². The van der Waals surface area contributed by atoms with Crippen LogP contribution < -0.4 is 11.2 Å². The van der Waals surface area contributed by atoms with Crippen molar-refractivity contribution in [2.45, 2.75) is 64.7 Å². The molecule has 27 heavy (non-hydrogen) atoms. The molecule has 0 radical (unpaired) electrons. The quantitative estimate of drug-likeness (QED) is 0.530. The molecule has 1 aromatic heterocycles. The van der Waals surface area contributed by atoms with E-state index in [1.165, 1.54) is 10.8 Å².